The van der Waals surface area contributed by atoms with Crippen LogP contribution in [-0.2, 0) is 20.7 Å². The van der Waals surface area contributed by atoms with Gasteiger partial charge in [0.1, 0.15) is 23.5 Å². The number of nitrogens with zero attached hydrogens (tertiary/aromatic N) is 4. The first-order chi connectivity index (χ1) is 18.5. The van der Waals surface area contributed by atoms with Crippen LogP contribution < -0.4 is 10.2 Å². The molecule has 1 aromatic carbocycles. The molecule has 3 saturated heterocycles. The molecule has 3 aliphatic heterocycles. The molecular formula is C29H40FN5O4. The number of nitriles is 1. The Hall–Kier alpha value is -2.90. The second-order valence-corrected chi connectivity index (χ2v) is 12.4. The molecule has 5 unspecified atom stereocenters. The molecule has 6 atom stereocenters. The molecule has 4 aliphatic rings. The molecule has 1 N–H and O–H groups in total. The highest BCUT2D eigenvalue weighted by Crippen LogP contribution is 2.43. The van der Waals surface area contributed by atoms with Gasteiger partial charge in [0.15, 0.2) is 0 Å². The zero-order valence-electron chi connectivity index (χ0n) is 23.4. The lowest BCUT2D eigenvalue weighted by Crippen LogP contribution is -2.58. The maximum Gasteiger partial charge on any atom is 0.411 e. The fourth-order valence-corrected chi connectivity index (χ4v) is 6.73. The number of ether oxygens (including phenoxy) is 2. The predicted octanol–water partition coefficient (Wildman–Crippen LogP) is 3.07. The molecule has 0 radical (unpaired) electrons. The summed E-state index contributed by atoms with van der Waals surface area (Å²) in [7, 11) is 2.13. The number of likely N-dealkylation sites (N-methyl/N-ethyl adjacent to an activating group) is 1. The lowest BCUT2D eigenvalue weighted by Gasteiger charge is -2.46. The fraction of sp³-hybridized carbons (Fsp3) is 0.690. The first-order valence-electron chi connectivity index (χ1n) is 14.1. The van der Waals surface area contributed by atoms with Gasteiger partial charge in [-0.2, -0.15) is 5.26 Å². The van der Waals surface area contributed by atoms with Gasteiger partial charge in [0.25, 0.3) is 0 Å². The third kappa shape index (κ3) is 5.85. The minimum Gasteiger partial charge on any atom is -0.444 e. The molecule has 2 bridgehead atoms. The van der Waals surface area contributed by atoms with Crippen molar-refractivity contribution in [1.29, 1.82) is 5.26 Å². The summed E-state index contributed by atoms with van der Waals surface area (Å²) in [5.41, 5.74) is 0.485. The van der Waals surface area contributed by atoms with Crippen LogP contribution in [0.3, 0.4) is 0 Å². The topological polar surface area (TPSA) is 98.1 Å². The molecule has 1 aromatic rings. The summed E-state index contributed by atoms with van der Waals surface area (Å²) in [5, 5.41) is 12.6. The molecule has 0 aromatic heterocycles. The monoisotopic (exact) mass is 541 g/mol. The Morgan fingerprint density at radius 2 is 2.05 bits per heavy atom. The molecule has 1 aliphatic carbocycles. The predicted molar refractivity (Wildman–Crippen MR) is 144 cm³/mol. The van der Waals surface area contributed by atoms with Gasteiger partial charge in [-0.3, -0.25) is 14.6 Å². The first kappa shape index (κ1) is 27.7. The van der Waals surface area contributed by atoms with Gasteiger partial charge in [-0.15, -0.1) is 0 Å². The van der Waals surface area contributed by atoms with Crippen LogP contribution in [0, 0.1) is 23.1 Å². The van der Waals surface area contributed by atoms with Crippen LogP contribution >= 0.6 is 0 Å². The van der Waals surface area contributed by atoms with E-state index in [2.05, 4.69) is 28.2 Å². The van der Waals surface area contributed by atoms with E-state index in [1.165, 1.54) is 6.07 Å². The SMILES string of the molecule is CN1CCOC2CN(c3ccc(C[C@@H](C#N)NC(=O)C4C5CCC(C5)N4C(=O)OC(C)(C)C)c(F)c3)CCC21. The number of amides is 2. The van der Waals surface area contributed by atoms with Crippen LogP contribution in [-0.4, -0.2) is 91.0 Å². The number of carbonyl (C=O) groups excluding carboxylic acids is 2. The Morgan fingerprint density at radius 3 is 2.77 bits per heavy atom. The summed E-state index contributed by atoms with van der Waals surface area (Å²) in [4.78, 5) is 32.3. The number of likely N-dealkylation sites (tertiary alicyclic amines) is 1. The van der Waals surface area contributed by atoms with Crippen molar-refractivity contribution in [3.8, 4) is 6.07 Å². The summed E-state index contributed by atoms with van der Waals surface area (Å²) in [6.45, 7) is 8.56. The summed E-state index contributed by atoms with van der Waals surface area (Å²) in [6, 6.07) is 5.96. The van der Waals surface area contributed by atoms with Crippen molar-refractivity contribution in [3.05, 3.63) is 29.6 Å². The number of halogens is 1. The van der Waals surface area contributed by atoms with Crippen LogP contribution in [0.5, 0.6) is 0 Å². The molecule has 212 valence electrons. The van der Waals surface area contributed by atoms with Gasteiger partial charge < -0.3 is 19.7 Å². The van der Waals surface area contributed by atoms with Gasteiger partial charge in [0, 0.05) is 43.8 Å². The molecule has 0 spiro atoms. The summed E-state index contributed by atoms with van der Waals surface area (Å²) < 4.78 is 26.8. The molecule has 10 heteroatoms. The number of rotatable bonds is 5. The minimum atomic E-state index is -0.917. The molecule has 9 nitrogen and oxygen atoms in total. The van der Waals surface area contributed by atoms with Gasteiger partial charge in [0.2, 0.25) is 5.91 Å². The average molecular weight is 542 g/mol. The average Bonchev–Trinajstić information content (AvgIpc) is 3.50. The Bertz CT molecular complexity index is 1130. The third-order valence-corrected chi connectivity index (χ3v) is 8.62. The number of nitrogens with one attached hydrogen (secondary N) is 1. The highest BCUT2D eigenvalue weighted by atomic mass is 19.1. The van der Waals surface area contributed by atoms with Gasteiger partial charge >= 0.3 is 6.09 Å². The first-order valence-corrected chi connectivity index (χ1v) is 14.1. The number of benzene rings is 1. The van der Waals surface area contributed by atoms with Gasteiger partial charge in [-0.1, -0.05) is 6.07 Å². The number of fused-ring (bicyclic) bond motifs is 3. The second-order valence-electron chi connectivity index (χ2n) is 12.4. The van der Waals surface area contributed by atoms with Crippen LogP contribution in [0.2, 0.25) is 0 Å². The van der Waals surface area contributed by atoms with Crippen molar-refractivity contribution >= 4 is 17.7 Å². The number of carbonyl (C=O) groups is 2. The third-order valence-electron chi connectivity index (χ3n) is 8.62. The number of hydrogen-bond acceptors (Lipinski definition) is 7. The van der Waals surface area contributed by atoms with Gasteiger partial charge in [-0.05, 0) is 77.1 Å². The molecular weight excluding hydrogens is 501 g/mol. The van der Waals surface area contributed by atoms with E-state index in [-0.39, 0.29) is 30.4 Å². The van der Waals surface area contributed by atoms with E-state index < -0.39 is 29.6 Å². The lowest BCUT2D eigenvalue weighted by molar-refractivity contribution is -0.128. The lowest BCUT2D eigenvalue weighted by atomic mass is 9.97. The van der Waals surface area contributed by atoms with Gasteiger partial charge in [0.05, 0.1) is 18.8 Å². The molecule has 3 heterocycles. The van der Waals surface area contributed by atoms with Crippen LogP contribution in [0.4, 0.5) is 14.9 Å². The Balaban J connectivity index is 1.22. The number of piperidine rings is 2. The molecule has 4 fully saturated rings. The highest BCUT2D eigenvalue weighted by molar-refractivity contribution is 5.87. The Kier molecular flexibility index (Phi) is 7.75. The van der Waals surface area contributed by atoms with E-state index in [0.29, 0.717) is 24.8 Å². The van der Waals surface area contributed by atoms with E-state index in [0.717, 1.165) is 44.5 Å². The quantitative estimate of drug-likeness (QED) is 0.612. The van der Waals surface area contributed by atoms with Crippen molar-refractivity contribution in [2.75, 3.05) is 38.2 Å². The van der Waals surface area contributed by atoms with Crippen LogP contribution in [0.25, 0.3) is 0 Å². The van der Waals surface area contributed by atoms with Crippen molar-refractivity contribution in [2.24, 2.45) is 5.92 Å². The Labute approximate surface area is 230 Å². The maximum atomic E-state index is 15.2. The van der Waals surface area contributed by atoms with Crippen LogP contribution in [0.1, 0.15) is 52.0 Å². The molecule has 1 saturated carbocycles. The summed E-state index contributed by atoms with van der Waals surface area (Å²) in [6.07, 6.45) is 3.05. The maximum absolute atomic E-state index is 15.2. The van der Waals surface area contributed by atoms with Crippen molar-refractivity contribution < 1.29 is 23.5 Å². The van der Waals surface area contributed by atoms with E-state index in [4.69, 9.17) is 9.47 Å². The van der Waals surface area contributed by atoms with Crippen molar-refractivity contribution in [3.63, 3.8) is 0 Å². The standard InChI is InChI=1S/C29H40FN5O4/c1-29(2,3)39-28(37)35-22-8-6-19(14-22)26(35)27(36)32-20(16-31)13-18-5-7-21(15-23(18)30)34-10-9-24-25(17-34)38-12-11-33(24)4/h5,7,15,19-20,22,24-26H,6,8-14,17H2,1-4H3,(H,32,36)/t19?,20-,22?,24?,25?,26?/m0/s1. The van der Waals surface area contributed by atoms with Gasteiger partial charge in [-0.25, -0.2) is 9.18 Å². The van der Waals surface area contributed by atoms with E-state index in [1.807, 2.05) is 6.07 Å². The summed E-state index contributed by atoms with van der Waals surface area (Å²) in [5.74, 6) is -0.743. The zero-order chi connectivity index (χ0) is 27.9. The summed E-state index contributed by atoms with van der Waals surface area (Å²) >= 11 is 0. The number of anilines is 1. The van der Waals surface area contributed by atoms with Crippen LogP contribution in [0.15, 0.2) is 18.2 Å². The molecule has 5 rings (SSSR count). The normalized spacial score (nSPS) is 29.5. The van der Waals surface area contributed by atoms with E-state index >= 15 is 4.39 Å². The zero-order valence-corrected chi connectivity index (χ0v) is 23.4. The Morgan fingerprint density at radius 1 is 1.26 bits per heavy atom. The fourth-order valence-electron chi connectivity index (χ4n) is 6.73. The largest absolute Gasteiger partial charge is 0.444 e. The minimum absolute atomic E-state index is 0.0319. The highest BCUT2D eigenvalue weighted by Gasteiger charge is 2.52. The van der Waals surface area contributed by atoms with E-state index in [9.17, 15) is 14.9 Å². The molecule has 2 amide bonds. The molecule has 39 heavy (non-hydrogen) atoms. The number of morpholine rings is 1. The second kappa shape index (κ2) is 10.9. The van der Waals surface area contributed by atoms with E-state index in [1.54, 1.807) is 31.7 Å². The van der Waals surface area contributed by atoms with Crippen molar-refractivity contribution in [1.82, 2.24) is 15.1 Å². The van der Waals surface area contributed by atoms with Crippen molar-refractivity contribution in [2.45, 2.75) is 88.7 Å². The number of hydrogen-bond donors (Lipinski definition) is 1. The smallest absolute Gasteiger partial charge is 0.411 e.